The summed E-state index contributed by atoms with van der Waals surface area (Å²) >= 11 is 0. The largest absolute Gasteiger partial charge is 0.445 e. The molecule has 88 valence electrons. The quantitative estimate of drug-likeness (QED) is 0.764. The molecule has 0 saturated carbocycles. The van der Waals surface area contributed by atoms with Crippen LogP contribution in [0.4, 0.5) is 4.79 Å². The molecule has 0 aromatic heterocycles. The van der Waals surface area contributed by atoms with Crippen molar-refractivity contribution in [2.45, 2.75) is 40.5 Å². The monoisotopic (exact) mass is 213 g/mol. The van der Waals surface area contributed by atoms with E-state index in [1.165, 1.54) is 0 Å². The molecular formula is C12H23NO2. The second kappa shape index (κ2) is 12.8. The molecule has 0 fully saturated rings. The lowest BCUT2D eigenvalue weighted by Crippen LogP contribution is -2.14. The number of carbonyl (C=O) groups excluding carboxylic acids is 1. The van der Waals surface area contributed by atoms with Crippen LogP contribution in [0.25, 0.3) is 0 Å². The number of allylic oxidation sites excluding steroid dienone is 2. The Labute approximate surface area is 93.0 Å². The Morgan fingerprint density at radius 3 is 2.33 bits per heavy atom. The average Bonchev–Trinajstić information content (AvgIpc) is 2.33. The molecule has 1 amide bonds. The fourth-order valence-corrected chi connectivity index (χ4v) is 0.929. The first-order valence-electron chi connectivity index (χ1n) is 5.57. The second-order valence-electron chi connectivity index (χ2n) is 2.37. The predicted octanol–water partition coefficient (Wildman–Crippen LogP) is 3.41. The normalized spacial score (nSPS) is 12.4. The summed E-state index contributed by atoms with van der Waals surface area (Å²) in [5, 5.41) is 0. The topological polar surface area (TPSA) is 52.3 Å². The van der Waals surface area contributed by atoms with Crippen LogP contribution in [0, 0.1) is 0 Å². The van der Waals surface area contributed by atoms with Gasteiger partial charge >= 0.3 is 6.09 Å². The molecule has 0 aromatic rings. The van der Waals surface area contributed by atoms with E-state index in [4.69, 9.17) is 5.73 Å². The van der Waals surface area contributed by atoms with E-state index in [1.54, 1.807) is 0 Å². The zero-order valence-corrected chi connectivity index (χ0v) is 10.2. The van der Waals surface area contributed by atoms with Crippen molar-refractivity contribution in [3.8, 4) is 0 Å². The van der Waals surface area contributed by atoms with Gasteiger partial charge in [-0.15, -0.1) is 0 Å². The van der Waals surface area contributed by atoms with Crippen LogP contribution < -0.4 is 5.73 Å². The van der Waals surface area contributed by atoms with Crippen molar-refractivity contribution in [1.82, 2.24) is 0 Å². The maximum absolute atomic E-state index is 10.2. The molecule has 0 unspecified atom stereocenters. The van der Waals surface area contributed by atoms with Gasteiger partial charge < -0.3 is 10.5 Å². The van der Waals surface area contributed by atoms with Crippen LogP contribution in [0.3, 0.4) is 0 Å². The van der Waals surface area contributed by atoms with Gasteiger partial charge in [0.05, 0.1) is 0 Å². The van der Waals surface area contributed by atoms with Gasteiger partial charge in [-0.2, -0.15) is 0 Å². The summed E-state index contributed by atoms with van der Waals surface area (Å²) in [6.45, 7) is 8.30. The molecule has 1 aliphatic carbocycles. The van der Waals surface area contributed by atoms with Crippen molar-refractivity contribution in [2.75, 3.05) is 6.61 Å². The van der Waals surface area contributed by atoms with Gasteiger partial charge in [0, 0.05) is 0 Å². The molecule has 0 heterocycles. The van der Waals surface area contributed by atoms with Crippen LogP contribution in [0.15, 0.2) is 23.8 Å². The third kappa shape index (κ3) is 10.7. The van der Waals surface area contributed by atoms with E-state index in [0.717, 1.165) is 18.4 Å². The summed E-state index contributed by atoms with van der Waals surface area (Å²) in [7, 11) is 0. The summed E-state index contributed by atoms with van der Waals surface area (Å²) in [5.74, 6) is 0. The molecule has 0 aliphatic heterocycles. The summed E-state index contributed by atoms with van der Waals surface area (Å²) in [5.41, 5.74) is 5.82. The first kappa shape index (κ1) is 16.2. The highest BCUT2D eigenvalue weighted by atomic mass is 16.5. The highest BCUT2D eigenvalue weighted by Crippen LogP contribution is 2.09. The van der Waals surface area contributed by atoms with Gasteiger partial charge in [0.15, 0.2) is 0 Å². The van der Waals surface area contributed by atoms with Gasteiger partial charge in [0.2, 0.25) is 0 Å². The third-order valence-corrected chi connectivity index (χ3v) is 1.45. The van der Waals surface area contributed by atoms with Crippen molar-refractivity contribution >= 4 is 6.09 Å². The summed E-state index contributed by atoms with van der Waals surface area (Å²) in [6, 6.07) is 0. The van der Waals surface area contributed by atoms with Crippen molar-refractivity contribution < 1.29 is 9.53 Å². The molecule has 0 bridgehead atoms. The first-order chi connectivity index (χ1) is 7.29. The maximum Gasteiger partial charge on any atom is 0.404 e. The van der Waals surface area contributed by atoms with E-state index in [9.17, 15) is 4.79 Å². The first-order valence-corrected chi connectivity index (χ1v) is 5.57. The highest BCUT2D eigenvalue weighted by molar-refractivity contribution is 5.64. The van der Waals surface area contributed by atoms with Gasteiger partial charge in [-0.25, -0.2) is 4.79 Å². The van der Waals surface area contributed by atoms with E-state index in [-0.39, 0.29) is 0 Å². The minimum atomic E-state index is -0.718. The summed E-state index contributed by atoms with van der Waals surface area (Å²) in [4.78, 5) is 10.2. The molecule has 0 radical (unpaired) electrons. The number of ether oxygens (including phenoxy) is 1. The molecular weight excluding hydrogens is 190 g/mol. The number of hydrogen-bond donors (Lipinski definition) is 1. The fourth-order valence-electron chi connectivity index (χ4n) is 0.929. The summed E-state index contributed by atoms with van der Waals surface area (Å²) < 4.78 is 4.60. The number of carbonyl (C=O) groups is 1. The van der Waals surface area contributed by atoms with E-state index in [1.807, 2.05) is 39.8 Å². The number of amides is 1. The SMILES string of the molecule is CC.CC.NC(=O)OCC1=CCCC=C1. The summed E-state index contributed by atoms with van der Waals surface area (Å²) in [6.07, 6.45) is 7.42. The molecule has 0 atom stereocenters. The van der Waals surface area contributed by atoms with Crippen LogP contribution >= 0.6 is 0 Å². The zero-order chi connectivity index (χ0) is 12.1. The second-order valence-corrected chi connectivity index (χ2v) is 2.37. The minimum absolute atomic E-state index is 0.297. The van der Waals surface area contributed by atoms with Gasteiger partial charge in [-0.1, -0.05) is 45.9 Å². The Morgan fingerprint density at radius 2 is 1.93 bits per heavy atom. The van der Waals surface area contributed by atoms with Crippen molar-refractivity contribution in [3.63, 3.8) is 0 Å². The lowest BCUT2D eigenvalue weighted by molar-refractivity contribution is 0.167. The predicted molar refractivity (Wildman–Crippen MR) is 64.7 cm³/mol. The van der Waals surface area contributed by atoms with Gasteiger partial charge in [-0.05, 0) is 18.4 Å². The van der Waals surface area contributed by atoms with Crippen LogP contribution in [-0.4, -0.2) is 12.7 Å². The van der Waals surface area contributed by atoms with E-state index in [2.05, 4.69) is 10.8 Å². The Kier molecular flexibility index (Phi) is 13.8. The van der Waals surface area contributed by atoms with Crippen molar-refractivity contribution in [2.24, 2.45) is 5.73 Å². The van der Waals surface area contributed by atoms with E-state index < -0.39 is 6.09 Å². The highest BCUT2D eigenvalue weighted by Gasteiger charge is 1.99. The van der Waals surface area contributed by atoms with Gasteiger partial charge in [0.1, 0.15) is 6.61 Å². The lowest BCUT2D eigenvalue weighted by Gasteiger charge is -2.05. The molecule has 0 saturated heterocycles. The molecule has 0 spiro atoms. The fraction of sp³-hybridized carbons (Fsp3) is 0.583. The molecule has 3 heteroatoms. The Balaban J connectivity index is 0. The van der Waals surface area contributed by atoms with Crippen molar-refractivity contribution in [1.29, 1.82) is 0 Å². The van der Waals surface area contributed by atoms with Gasteiger partial charge in [-0.3, -0.25) is 0 Å². The van der Waals surface area contributed by atoms with Crippen LogP contribution in [-0.2, 0) is 4.74 Å². The molecule has 0 aromatic carbocycles. The Bertz CT molecular complexity index is 208. The molecule has 2 N–H and O–H groups in total. The van der Waals surface area contributed by atoms with Crippen LogP contribution in [0.2, 0.25) is 0 Å². The number of rotatable bonds is 2. The van der Waals surface area contributed by atoms with Crippen LogP contribution in [0.5, 0.6) is 0 Å². The number of hydrogen-bond acceptors (Lipinski definition) is 2. The smallest absolute Gasteiger partial charge is 0.404 e. The average molecular weight is 213 g/mol. The molecule has 15 heavy (non-hydrogen) atoms. The third-order valence-electron chi connectivity index (χ3n) is 1.45. The van der Waals surface area contributed by atoms with Crippen molar-refractivity contribution in [3.05, 3.63) is 23.8 Å². The molecule has 3 nitrogen and oxygen atoms in total. The zero-order valence-electron chi connectivity index (χ0n) is 10.2. The van der Waals surface area contributed by atoms with Crippen LogP contribution in [0.1, 0.15) is 40.5 Å². The van der Waals surface area contributed by atoms with E-state index in [0.29, 0.717) is 6.61 Å². The lowest BCUT2D eigenvalue weighted by atomic mass is 10.1. The Hall–Kier alpha value is -1.25. The standard InChI is InChI=1S/C8H11NO2.2C2H6/c9-8(10)11-6-7-4-2-1-3-5-7;2*1-2/h2,4-5H,1,3,6H2,(H2,9,10);2*1-2H3. The maximum atomic E-state index is 10.2. The number of primary amides is 1. The van der Waals surface area contributed by atoms with E-state index >= 15 is 0 Å². The molecule has 1 aliphatic rings. The van der Waals surface area contributed by atoms with Gasteiger partial charge in [0.25, 0.3) is 0 Å². The minimum Gasteiger partial charge on any atom is -0.445 e. The molecule has 1 rings (SSSR count). The number of nitrogens with two attached hydrogens (primary N) is 1. The Morgan fingerprint density at radius 1 is 1.33 bits per heavy atom.